The second kappa shape index (κ2) is 4.14. The van der Waals surface area contributed by atoms with Crippen LogP contribution in [0, 0.1) is 0 Å². The van der Waals surface area contributed by atoms with Gasteiger partial charge >= 0.3 is 0 Å². The van der Waals surface area contributed by atoms with Crippen LogP contribution in [0.2, 0.25) is 4.34 Å². The van der Waals surface area contributed by atoms with Crippen molar-refractivity contribution in [1.82, 2.24) is 9.97 Å². The molecule has 3 nitrogen and oxygen atoms in total. The van der Waals surface area contributed by atoms with Gasteiger partial charge in [-0.05, 0) is 6.07 Å². The normalized spacial score (nSPS) is 11.2. The average molecular weight is 265 g/mol. The molecule has 0 atom stereocenters. The summed E-state index contributed by atoms with van der Waals surface area (Å²) in [4.78, 5) is 7.53. The zero-order valence-electron chi connectivity index (χ0n) is 8.77. The van der Waals surface area contributed by atoms with Crippen LogP contribution in [0.1, 0.15) is 5.69 Å². The minimum atomic E-state index is -0.127. The number of aliphatic hydroxyl groups excluding tert-OH is 1. The first-order chi connectivity index (χ1) is 8.29. The average Bonchev–Trinajstić information content (AvgIpc) is 2.92. The molecule has 0 saturated heterocycles. The summed E-state index contributed by atoms with van der Waals surface area (Å²) < 4.78 is 0.549. The van der Waals surface area contributed by atoms with Gasteiger partial charge in [-0.15, -0.1) is 11.3 Å². The molecule has 3 aromatic rings. The SMILES string of the molecule is OCc1nc(-c2c[nH]c3ccccc23)sc1Cl. The Morgan fingerprint density at radius 1 is 1.35 bits per heavy atom. The lowest BCUT2D eigenvalue weighted by Gasteiger charge is -1.92. The number of halogens is 1. The molecule has 17 heavy (non-hydrogen) atoms. The van der Waals surface area contributed by atoms with Crippen LogP contribution >= 0.6 is 22.9 Å². The van der Waals surface area contributed by atoms with E-state index in [9.17, 15) is 0 Å². The van der Waals surface area contributed by atoms with Crippen LogP contribution in [0.15, 0.2) is 30.5 Å². The summed E-state index contributed by atoms with van der Waals surface area (Å²) in [6.07, 6.45) is 1.92. The molecule has 0 spiro atoms. The second-order valence-corrected chi connectivity index (χ2v) is 5.25. The number of aromatic nitrogens is 2. The van der Waals surface area contributed by atoms with Gasteiger partial charge in [0.15, 0.2) is 0 Å². The maximum Gasteiger partial charge on any atom is 0.127 e. The highest BCUT2D eigenvalue weighted by molar-refractivity contribution is 7.19. The number of nitrogens with zero attached hydrogens (tertiary/aromatic N) is 1. The van der Waals surface area contributed by atoms with Crippen molar-refractivity contribution in [3.05, 3.63) is 40.5 Å². The maximum atomic E-state index is 9.09. The predicted octanol–water partition coefficient (Wildman–Crippen LogP) is 3.44. The van der Waals surface area contributed by atoms with Crippen molar-refractivity contribution in [2.75, 3.05) is 0 Å². The van der Waals surface area contributed by atoms with Crippen LogP contribution in [0.25, 0.3) is 21.5 Å². The van der Waals surface area contributed by atoms with Crippen LogP contribution in [0.5, 0.6) is 0 Å². The van der Waals surface area contributed by atoms with Gasteiger partial charge in [0.05, 0.1) is 12.3 Å². The number of benzene rings is 1. The van der Waals surface area contributed by atoms with Crippen LogP contribution in [0.3, 0.4) is 0 Å². The fraction of sp³-hybridized carbons (Fsp3) is 0.0833. The van der Waals surface area contributed by atoms with Crippen molar-refractivity contribution in [2.24, 2.45) is 0 Å². The number of para-hydroxylation sites is 1. The van der Waals surface area contributed by atoms with Crippen LogP contribution in [-0.2, 0) is 6.61 Å². The lowest BCUT2D eigenvalue weighted by Crippen LogP contribution is -1.83. The van der Waals surface area contributed by atoms with E-state index >= 15 is 0 Å². The van der Waals surface area contributed by atoms with Gasteiger partial charge in [0.2, 0.25) is 0 Å². The molecule has 0 saturated carbocycles. The smallest absolute Gasteiger partial charge is 0.127 e. The van der Waals surface area contributed by atoms with Crippen molar-refractivity contribution in [2.45, 2.75) is 6.61 Å². The first-order valence-corrected chi connectivity index (χ1v) is 6.31. The number of aliphatic hydroxyl groups is 1. The Morgan fingerprint density at radius 3 is 2.94 bits per heavy atom. The molecule has 0 bridgehead atoms. The number of thiazole rings is 1. The molecule has 0 aliphatic heterocycles. The summed E-state index contributed by atoms with van der Waals surface area (Å²) in [6, 6.07) is 8.02. The molecule has 0 fully saturated rings. The topological polar surface area (TPSA) is 48.9 Å². The Hall–Kier alpha value is -1.36. The Labute approximate surface area is 107 Å². The Balaban J connectivity index is 2.20. The van der Waals surface area contributed by atoms with Crippen molar-refractivity contribution in [3.63, 3.8) is 0 Å². The van der Waals surface area contributed by atoms with E-state index in [0.29, 0.717) is 10.0 Å². The predicted molar refractivity (Wildman–Crippen MR) is 70.3 cm³/mol. The van der Waals surface area contributed by atoms with Gasteiger partial charge in [-0.2, -0.15) is 0 Å². The van der Waals surface area contributed by atoms with E-state index in [1.54, 1.807) is 0 Å². The number of aromatic amines is 1. The van der Waals surface area contributed by atoms with E-state index in [4.69, 9.17) is 16.7 Å². The molecule has 2 aromatic heterocycles. The van der Waals surface area contributed by atoms with Crippen molar-refractivity contribution >= 4 is 33.8 Å². The van der Waals surface area contributed by atoms with Crippen molar-refractivity contribution in [3.8, 4) is 10.6 Å². The quantitative estimate of drug-likeness (QED) is 0.745. The van der Waals surface area contributed by atoms with E-state index in [0.717, 1.165) is 21.5 Å². The number of fused-ring (bicyclic) bond motifs is 1. The molecule has 0 unspecified atom stereocenters. The summed E-state index contributed by atoms with van der Waals surface area (Å²) in [5.41, 5.74) is 2.63. The zero-order valence-corrected chi connectivity index (χ0v) is 10.3. The molecule has 0 aliphatic carbocycles. The highest BCUT2D eigenvalue weighted by atomic mass is 35.5. The molecule has 0 radical (unpaired) electrons. The van der Waals surface area contributed by atoms with Crippen molar-refractivity contribution in [1.29, 1.82) is 0 Å². The Bertz CT molecular complexity index is 674. The number of hydrogen-bond acceptors (Lipinski definition) is 3. The number of nitrogens with one attached hydrogen (secondary N) is 1. The number of rotatable bonds is 2. The van der Waals surface area contributed by atoms with E-state index < -0.39 is 0 Å². The van der Waals surface area contributed by atoms with Gasteiger partial charge in [-0.1, -0.05) is 29.8 Å². The molecule has 3 rings (SSSR count). The van der Waals surface area contributed by atoms with Gasteiger partial charge < -0.3 is 10.1 Å². The van der Waals surface area contributed by atoms with Crippen LogP contribution in [-0.4, -0.2) is 15.1 Å². The maximum absolute atomic E-state index is 9.09. The molecule has 5 heteroatoms. The third kappa shape index (κ3) is 1.74. The summed E-state index contributed by atoms with van der Waals surface area (Å²) in [5.74, 6) is 0. The minimum absolute atomic E-state index is 0.127. The highest BCUT2D eigenvalue weighted by Crippen LogP contribution is 2.35. The minimum Gasteiger partial charge on any atom is -0.390 e. The second-order valence-electron chi connectivity index (χ2n) is 3.65. The third-order valence-electron chi connectivity index (χ3n) is 2.62. The van der Waals surface area contributed by atoms with E-state index in [1.807, 2.05) is 30.5 Å². The molecule has 2 heterocycles. The lowest BCUT2D eigenvalue weighted by molar-refractivity contribution is 0.278. The van der Waals surface area contributed by atoms with Gasteiger partial charge in [-0.3, -0.25) is 0 Å². The molecular formula is C12H9ClN2OS. The molecule has 86 valence electrons. The first kappa shape index (κ1) is 10.8. The molecular weight excluding hydrogens is 256 g/mol. The van der Waals surface area contributed by atoms with Gasteiger partial charge in [0.25, 0.3) is 0 Å². The fourth-order valence-corrected chi connectivity index (χ4v) is 2.95. The largest absolute Gasteiger partial charge is 0.390 e. The fourth-order valence-electron chi connectivity index (χ4n) is 1.79. The summed E-state index contributed by atoms with van der Waals surface area (Å²) in [6.45, 7) is -0.127. The number of H-pyrrole nitrogens is 1. The highest BCUT2D eigenvalue weighted by Gasteiger charge is 2.13. The lowest BCUT2D eigenvalue weighted by atomic mass is 10.2. The van der Waals surface area contributed by atoms with Gasteiger partial charge in [0.1, 0.15) is 9.34 Å². The Kier molecular flexibility index (Phi) is 2.63. The third-order valence-corrected chi connectivity index (χ3v) is 3.99. The Morgan fingerprint density at radius 2 is 2.18 bits per heavy atom. The molecule has 1 aromatic carbocycles. The van der Waals surface area contributed by atoms with Gasteiger partial charge in [-0.25, -0.2) is 4.98 Å². The molecule has 0 amide bonds. The summed E-state index contributed by atoms with van der Waals surface area (Å²) >= 11 is 7.38. The number of hydrogen-bond donors (Lipinski definition) is 2. The summed E-state index contributed by atoms with van der Waals surface area (Å²) in [5, 5.41) is 11.0. The molecule has 0 aliphatic rings. The summed E-state index contributed by atoms with van der Waals surface area (Å²) in [7, 11) is 0. The van der Waals surface area contributed by atoms with Crippen LogP contribution < -0.4 is 0 Å². The van der Waals surface area contributed by atoms with Crippen molar-refractivity contribution < 1.29 is 5.11 Å². The van der Waals surface area contributed by atoms with Gasteiger partial charge in [0, 0.05) is 22.7 Å². The zero-order chi connectivity index (χ0) is 11.8. The standard InChI is InChI=1S/C12H9ClN2OS/c13-11-10(6-16)15-12(17-11)8-5-14-9-4-2-1-3-7(8)9/h1-5,14,16H,6H2. The van der Waals surface area contributed by atoms with E-state index in [-0.39, 0.29) is 6.61 Å². The first-order valence-electron chi connectivity index (χ1n) is 5.12. The molecule has 2 N–H and O–H groups in total. The van der Waals surface area contributed by atoms with E-state index in [2.05, 4.69) is 9.97 Å². The van der Waals surface area contributed by atoms with E-state index in [1.165, 1.54) is 11.3 Å². The monoisotopic (exact) mass is 264 g/mol. The van der Waals surface area contributed by atoms with Crippen LogP contribution in [0.4, 0.5) is 0 Å².